The summed E-state index contributed by atoms with van der Waals surface area (Å²) in [6.07, 6.45) is 0. The molecule has 9 aromatic carbocycles. The molecule has 72 heavy (non-hydrogen) atoms. The zero-order valence-electron chi connectivity index (χ0n) is 43.8. The number of hydrogen-bond acceptors (Lipinski definition) is 2. The lowest BCUT2D eigenvalue weighted by Gasteiger charge is -2.27. The molecule has 0 amide bonds. The first-order valence-corrected chi connectivity index (χ1v) is 26.0. The third-order valence-electron chi connectivity index (χ3n) is 17.3. The van der Waals surface area contributed by atoms with Gasteiger partial charge in [-0.2, -0.15) is 0 Å². The zero-order valence-corrected chi connectivity index (χ0v) is 43.8. The number of fused-ring (bicyclic) bond motifs is 14. The molecule has 11 aromatic rings. The summed E-state index contributed by atoms with van der Waals surface area (Å²) in [6, 6.07) is 55.6. The highest BCUT2D eigenvalue weighted by atomic mass is 16.3. The van der Waals surface area contributed by atoms with Gasteiger partial charge in [0.25, 0.3) is 0 Å². The second-order valence-electron chi connectivity index (χ2n) is 22.9. The van der Waals surface area contributed by atoms with E-state index in [1.54, 1.807) is 0 Å². The highest BCUT2D eigenvalue weighted by Crippen LogP contribution is 2.62. The molecular weight excluding hydrogens is 873 g/mol. The summed E-state index contributed by atoms with van der Waals surface area (Å²) in [4.78, 5) is 0. The third kappa shape index (κ3) is 6.27. The second kappa shape index (κ2) is 15.5. The van der Waals surface area contributed by atoms with Crippen LogP contribution in [0.15, 0.2) is 154 Å². The SMILES string of the molecule is Cc1ccc(C(c2ccc(C)cc2C)c2cc3c(c4c2oc2ccccc24)-c2cc4c(cc2C3(C)C)-c2c(cc(C(c3ccc(C)cc3C)c3ccc(C)cc3C)c3oc5ccccc5c23)C4(C)C)c(C)c1. The number of furan rings is 2. The van der Waals surface area contributed by atoms with Crippen LogP contribution in [-0.4, -0.2) is 0 Å². The van der Waals surface area contributed by atoms with E-state index in [2.05, 4.69) is 229 Å². The van der Waals surface area contributed by atoms with Gasteiger partial charge in [-0.15, -0.1) is 0 Å². The van der Waals surface area contributed by atoms with Gasteiger partial charge in [-0.3, -0.25) is 0 Å². The molecule has 0 saturated heterocycles. The Bertz CT molecular complexity index is 3770. The van der Waals surface area contributed by atoms with Crippen molar-refractivity contribution in [3.63, 3.8) is 0 Å². The highest BCUT2D eigenvalue weighted by molar-refractivity contribution is 6.19. The molecule has 0 N–H and O–H groups in total. The van der Waals surface area contributed by atoms with Gasteiger partial charge in [0.05, 0.1) is 0 Å². The first-order chi connectivity index (χ1) is 34.5. The average molecular weight is 935 g/mol. The van der Waals surface area contributed by atoms with Gasteiger partial charge in [0.15, 0.2) is 0 Å². The zero-order chi connectivity index (χ0) is 49.9. The van der Waals surface area contributed by atoms with E-state index in [0.717, 1.165) is 33.1 Å². The predicted octanol–water partition coefficient (Wildman–Crippen LogP) is 18.9. The minimum Gasteiger partial charge on any atom is -0.456 e. The first-order valence-electron chi connectivity index (χ1n) is 26.0. The summed E-state index contributed by atoms with van der Waals surface area (Å²) < 4.78 is 14.5. The van der Waals surface area contributed by atoms with Crippen LogP contribution in [0.1, 0.15) is 140 Å². The Balaban J connectivity index is 1.10. The van der Waals surface area contributed by atoms with E-state index in [4.69, 9.17) is 8.83 Å². The number of hydrogen-bond donors (Lipinski definition) is 0. The standard InChI is InChI=1S/C70H62O2/c1-37-21-25-45(41(5)29-37)61(46-26-22-38(2)30-42(46)6)53-35-57-63(65-49-17-13-15-19-59(49)71-67(53)65)51-33-56-52(34-55(51)69(57,9)10)64-58(70(56,11)12)36-54(68-66(64)50-18-14-16-20-60(50)72-68)62(47-27-23-39(3)31-43(47)7)48-28-24-40(4)32-44(48)8/h13-36,61-62H,1-12H3. The number of benzene rings is 9. The van der Waals surface area contributed by atoms with Gasteiger partial charge in [-0.25, -0.2) is 0 Å². The van der Waals surface area contributed by atoms with Gasteiger partial charge in [0.2, 0.25) is 0 Å². The van der Waals surface area contributed by atoms with Crippen LogP contribution < -0.4 is 0 Å². The van der Waals surface area contributed by atoms with Crippen molar-refractivity contribution in [1.29, 1.82) is 0 Å². The van der Waals surface area contributed by atoms with Crippen molar-refractivity contribution in [2.24, 2.45) is 0 Å². The van der Waals surface area contributed by atoms with Crippen LogP contribution in [0.5, 0.6) is 0 Å². The molecule has 0 aliphatic heterocycles. The van der Waals surface area contributed by atoms with Crippen LogP contribution in [0.4, 0.5) is 0 Å². The highest BCUT2D eigenvalue weighted by Gasteiger charge is 2.45. The second-order valence-corrected chi connectivity index (χ2v) is 22.9. The maximum absolute atomic E-state index is 7.24. The van der Waals surface area contributed by atoms with E-state index in [1.807, 2.05) is 0 Å². The van der Waals surface area contributed by atoms with Crippen molar-refractivity contribution in [2.45, 2.75) is 106 Å². The van der Waals surface area contributed by atoms with Gasteiger partial charge in [-0.1, -0.05) is 159 Å². The van der Waals surface area contributed by atoms with E-state index in [0.29, 0.717) is 0 Å². The molecule has 13 rings (SSSR count). The smallest absolute Gasteiger partial charge is 0.140 e. The molecule has 0 radical (unpaired) electrons. The molecule has 2 aliphatic rings. The molecule has 0 fully saturated rings. The monoisotopic (exact) mass is 934 g/mol. The summed E-state index contributed by atoms with van der Waals surface area (Å²) in [5.74, 6) is -0.0778. The Kier molecular flexibility index (Phi) is 9.61. The summed E-state index contributed by atoms with van der Waals surface area (Å²) in [5.41, 5.74) is 31.7. The maximum atomic E-state index is 7.24. The molecule has 2 aliphatic carbocycles. The number of rotatable bonds is 6. The fourth-order valence-corrected chi connectivity index (χ4v) is 13.8. The average Bonchev–Trinajstić information content (AvgIpc) is 4.04. The van der Waals surface area contributed by atoms with Crippen LogP contribution in [0.25, 0.3) is 66.1 Å². The molecule has 0 saturated carbocycles. The lowest BCUT2D eigenvalue weighted by Crippen LogP contribution is -2.18. The van der Waals surface area contributed by atoms with Crippen molar-refractivity contribution < 1.29 is 8.83 Å². The Hall–Kier alpha value is -7.42. The molecule has 0 spiro atoms. The number of para-hydroxylation sites is 2. The molecule has 0 atom stereocenters. The Labute approximate surface area is 424 Å². The Morgan fingerprint density at radius 2 is 0.653 bits per heavy atom. The lowest BCUT2D eigenvalue weighted by molar-refractivity contribution is 0.645. The summed E-state index contributed by atoms with van der Waals surface area (Å²) in [6.45, 7) is 27.7. The molecule has 2 aromatic heterocycles. The van der Waals surface area contributed by atoms with Crippen molar-refractivity contribution in [2.75, 3.05) is 0 Å². The molecule has 0 bridgehead atoms. The fraction of sp³-hybridized carbons (Fsp3) is 0.229. The minimum atomic E-state index is -0.336. The van der Waals surface area contributed by atoms with Crippen molar-refractivity contribution in [1.82, 2.24) is 0 Å². The van der Waals surface area contributed by atoms with Crippen LogP contribution in [-0.2, 0) is 10.8 Å². The molecule has 2 heteroatoms. The van der Waals surface area contributed by atoms with Gasteiger partial charge in [-0.05, 0) is 181 Å². The third-order valence-corrected chi connectivity index (χ3v) is 17.3. The molecule has 0 unspecified atom stereocenters. The van der Waals surface area contributed by atoms with Crippen LogP contribution in [0.3, 0.4) is 0 Å². The van der Waals surface area contributed by atoms with Gasteiger partial charge in [0, 0.05) is 55.3 Å². The largest absolute Gasteiger partial charge is 0.456 e. The Morgan fingerprint density at radius 3 is 0.972 bits per heavy atom. The Morgan fingerprint density at radius 1 is 0.333 bits per heavy atom. The number of aryl methyl sites for hydroxylation is 8. The summed E-state index contributed by atoms with van der Waals surface area (Å²) in [5, 5.41) is 4.76. The van der Waals surface area contributed by atoms with E-state index >= 15 is 0 Å². The normalized spacial score (nSPS) is 14.3. The van der Waals surface area contributed by atoms with Crippen LogP contribution >= 0.6 is 0 Å². The summed E-state index contributed by atoms with van der Waals surface area (Å²) in [7, 11) is 0. The van der Waals surface area contributed by atoms with Crippen LogP contribution in [0, 0.1) is 55.4 Å². The molecule has 2 heterocycles. The van der Waals surface area contributed by atoms with Gasteiger partial charge >= 0.3 is 0 Å². The van der Waals surface area contributed by atoms with E-state index in [-0.39, 0.29) is 22.7 Å². The van der Waals surface area contributed by atoms with E-state index in [1.165, 1.54) is 133 Å². The molecule has 354 valence electrons. The molecule has 2 nitrogen and oxygen atoms in total. The minimum absolute atomic E-state index is 0.0389. The quantitative estimate of drug-likeness (QED) is 0.155. The summed E-state index contributed by atoms with van der Waals surface area (Å²) >= 11 is 0. The first kappa shape index (κ1) is 44.5. The van der Waals surface area contributed by atoms with Crippen molar-refractivity contribution in [3.05, 3.63) is 246 Å². The fourth-order valence-electron chi connectivity index (χ4n) is 13.8. The predicted molar refractivity (Wildman–Crippen MR) is 302 cm³/mol. The van der Waals surface area contributed by atoms with E-state index < -0.39 is 0 Å². The van der Waals surface area contributed by atoms with Gasteiger partial charge < -0.3 is 8.83 Å². The topological polar surface area (TPSA) is 26.3 Å². The van der Waals surface area contributed by atoms with E-state index in [9.17, 15) is 0 Å². The maximum Gasteiger partial charge on any atom is 0.140 e. The van der Waals surface area contributed by atoms with Crippen LogP contribution in [0.2, 0.25) is 0 Å². The van der Waals surface area contributed by atoms with Crippen molar-refractivity contribution >= 4 is 43.9 Å². The lowest BCUT2D eigenvalue weighted by atomic mass is 9.76. The van der Waals surface area contributed by atoms with Crippen molar-refractivity contribution in [3.8, 4) is 22.3 Å². The van der Waals surface area contributed by atoms with Gasteiger partial charge in [0.1, 0.15) is 22.3 Å². The molecular formula is C70H62O2.